The van der Waals surface area contributed by atoms with E-state index >= 15 is 0 Å². The van der Waals surface area contributed by atoms with Crippen molar-refractivity contribution >= 4 is 54.5 Å². The Balaban J connectivity index is 0.00000200. The average Bonchev–Trinajstić information content (AvgIpc) is 2.87. The Morgan fingerprint density at radius 1 is 1.25 bits per heavy atom. The highest BCUT2D eigenvalue weighted by molar-refractivity contribution is 7.91. The molecule has 0 saturated heterocycles. The molecule has 0 atom stereocenters. The standard InChI is InChI=1S/C10H14N2O4S3.ClH/c11-19(15,16)9-2-6-1-8(17-10(6)18-9)3-12-7(4-13)5-14;/h1-2,7,12-14H,3-5H2,(H2,11,15,16);1H. The van der Waals surface area contributed by atoms with E-state index in [1.165, 1.54) is 11.3 Å². The van der Waals surface area contributed by atoms with Crippen LogP contribution in [0.4, 0.5) is 0 Å². The molecule has 0 radical (unpaired) electrons. The molecule has 0 unspecified atom stereocenters. The summed E-state index contributed by atoms with van der Waals surface area (Å²) in [4.78, 5) is 1.01. The molecule has 2 rings (SSSR count). The van der Waals surface area contributed by atoms with E-state index in [0.717, 1.165) is 25.6 Å². The molecular weight excluding hydrogens is 344 g/mol. The fourth-order valence-electron chi connectivity index (χ4n) is 1.53. The first-order chi connectivity index (χ1) is 8.94. The van der Waals surface area contributed by atoms with Crippen molar-refractivity contribution in [2.75, 3.05) is 13.2 Å². The van der Waals surface area contributed by atoms with Gasteiger partial charge in [-0.1, -0.05) is 0 Å². The van der Waals surface area contributed by atoms with Crippen molar-refractivity contribution < 1.29 is 18.6 Å². The first-order valence-corrected chi connectivity index (χ1v) is 8.62. The summed E-state index contributed by atoms with van der Waals surface area (Å²) in [5.74, 6) is 0. The minimum atomic E-state index is -3.64. The van der Waals surface area contributed by atoms with E-state index in [1.807, 2.05) is 6.07 Å². The molecule has 6 nitrogen and oxygen atoms in total. The number of primary sulfonamides is 1. The van der Waals surface area contributed by atoms with E-state index in [4.69, 9.17) is 15.4 Å². The second kappa shape index (κ2) is 7.14. The zero-order valence-corrected chi connectivity index (χ0v) is 13.5. The van der Waals surface area contributed by atoms with Gasteiger partial charge < -0.3 is 15.5 Å². The molecule has 0 saturated carbocycles. The third-order valence-corrected chi connectivity index (χ3v) is 6.34. The summed E-state index contributed by atoms with van der Waals surface area (Å²) < 4.78 is 23.5. The number of hydrogen-bond donors (Lipinski definition) is 4. The molecular formula is C10H15ClN2O4S3. The number of sulfonamides is 1. The van der Waals surface area contributed by atoms with Crippen molar-refractivity contribution in [2.24, 2.45) is 5.14 Å². The fraction of sp³-hybridized carbons (Fsp3) is 0.400. The van der Waals surface area contributed by atoms with E-state index in [1.54, 1.807) is 6.07 Å². The highest BCUT2D eigenvalue weighted by atomic mass is 35.5. The zero-order valence-electron chi connectivity index (χ0n) is 10.3. The van der Waals surface area contributed by atoms with Gasteiger partial charge in [-0.15, -0.1) is 35.1 Å². The van der Waals surface area contributed by atoms with Gasteiger partial charge in [0.1, 0.15) is 4.21 Å². The number of aliphatic hydroxyl groups excluding tert-OH is 2. The molecule has 0 aliphatic carbocycles. The number of nitrogens with one attached hydrogen (secondary N) is 1. The zero-order chi connectivity index (χ0) is 14.0. The van der Waals surface area contributed by atoms with Crippen LogP contribution >= 0.6 is 35.1 Å². The lowest BCUT2D eigenvalue weighted by Gasteiger charge is -2.11. The Labute approximate surface area is 130 Å². The molecule has 0 fully saturated rings. The van der Waals surface area contributed by atoms with Crippen LogP contribution in [-0.2, 0) is 16.6 Å². The molecule has 5 N–H and O–H groups in total. The molecule has 10 heteroatoms. The molecule has 0 bridgehead atoms. The molecule has 0 aliphatic rings. The van der Waals surface area contributed by atoms with Gasteiger partial charge >= 0.3 is 0 Å². The van der Waals surface area contributed by atoms with Crippen molar-refractivity contribution in [2.45, 2.75) is 16.8 Å². The van der Waals surface area contributed by atoms with Crippen molar-refractivity contribution in [3.8, 4) is 0 Å². The van der Waals surface area contributed by atoms with Crippen LogP contribution in [0, 0.1) is 0 Å². The number of halogens is 1. The number of fused-ring (bicyclic) bond motifs is 1. The minimum Gasteiger partial charge on any atom is -0.395 e. The molecule has 2 aromatic heterocycles. The fourth-order valence-corrected chi connectivity index (χ4v) is 4.87. The maximum absolute atomic E-state index is 11.2. The van der Waals surface area contributed by atoms with Gasteiger partial charge in [-0.25, -0.2) is 13.6 Å². The highest BCUT2D eigenvalue weighted by Crippen LogP contribution is 2.35. The third-order valence-electron chi connectivity index (χ3n) is 2.53. The van der Waals surface area contributed by atoms with Crippen LogP contribution in [0.3, 0.4) is 0 Å². The summed E-state index contributed by atoms with van der Waals surface area (Å²) in [5.41, 5.74) is 0. The SMILES string of the molecule is Cl.NS(=O)(=O)c1cc2cc(CNC(CO)CO)sc2s1. The van der Waals surface area contributed by atoms with Crippen LogP contribution in [0.1, 0.15) is 4.88 Å². The Bertz CT molecular complexity index is 632. The van der Waals surface area contributed by atoms with Crippen LogP contribution in [0.5, 0.6) is 0 Å². The molecule has 20 heavy (non-hydrogen) atoms. The minimum absolute atomic E-state index is 0. The summed E-state index contributed by atoms with van der Waals surface area (Å²) in [7, 11) is -3.64. The number of rotatable bonds is 6. The van der Waals surface area contributed by atoms with Crippen molar-refractivity contribution in [3.05, 3.63) is 17.0 Å². The number of aliphatic hydroxyl groups is 2. The van der Waals surface area contributed by atoms with Gasteiger partial charge in [0.15, 0.2) is 0 Å². The lowest BCUT2D eigenvalue weighted by Crippen LogP contribution is -2.34. The third kappa shape index (κ3) is 4.12. The summed E-state index contributed by atoms with van der Waals surface area (Å²) in [6.07, 6.45) is 0. The second-order valence-corrected chi connectivity index (χ2v) is 8.24. The van der Waals surface area contributed by atoms with Gasteiger partial charge in [0, 0.05) is 16.8 Å². The first-order valence-electron chi connectivity index (χ1n) is 5.44. The Hall–Kier alpha value is -0.260. The normalized spacial score (nSPS) is 12.0. The predicted molar refractivity (Wildman–Crippen MR) is 83.1 cm³/mol. The Morgan fingerprint density at radius 2 is 1.90 bits per heavy atom. The van der Waals surface area contributed by atoms with E-state index < -0.39 is 10.0 Å². The Morgan fingerprint density at radius 3 is 2.40 bits per heavy atom. The predicted octanol–water partition coefficient (Wildman–Crippen LogP) is 0.475. The quantitative estimate of drug-likeness (QED) is 0.599. The molecule has 114 valence electrons. The number of hydrogen-bond acceptors (Lipinski definition) is 7. The molecule has 0 aromatic carbocycles. The van der Waals surface area contributed by atoms with Crippen LogP contribution in [0.15, 0.2) is 16.3 Å². The Kier molecular flexibility index (Phi) is 6.35. The second-order valence-electron chi connectivity index (χ2n) is 4.01. The molecule has 2 heterocycles. The van der Waals surface area contributed by atoms with Crippen LogP contribution in [-0.4, -0.2) is 37.9 Å². The smallest absolute Gasteiger partial charge is 0.247 e. The van der Waals surface area contributed by atoms with Gasteiger partial charge in [0.2, 0.25) is 10.0 Å². The first kappa shape index (κ1) is 17.8. The topological polar surface area (TPSA) is 113 Å². The maximum Gasteiger partial charge on any atom is 0.247 e. The summed E-state index contributed by atoms with van der Waals surface area (Å²) in [6.45, 7) is 0.250. The van der Waals surface area contributed by atoms with Crippen LogP contribution in [0.2, 0.25) is 0 Å². The summed E-state index contributed by atoms with van der Waals surface area (Å²) in [5, 5.41) is 26.8. The van der Waals surface area contributed by atoms with Crippen LogP contribution < -0.4 is 10.5 Å². The van der Waals surface area contributed by atoms with Gasteiger partial charge in [0.05, 0.1) is 23.3 Å². The summed E-state index contributed by atoms with van der Waals surface area (Å²) >= 11 is 2.62. The highest BCUT2D eigenvalue weighted by Gasteiger charge is 2.15. The van der Waals surface area contributed by atoms with Gasteiger partial charge in [-0.05, 0) is 12.1 Å². The van der Waals surface area contributed by atoms with E-state index in [-0.39, 0.29) is 35.9 Å². The molecule has 0 spiro atoms. The monoisotopic (exact) mass is 358 g/mol. The van der Waals surface area contributed by atoms with Crippen LogP contribution in [0.25, 0.3) is 9.40 Å². The largest absolute Gasteiger partial charge is 0.395 e. The van der Waals surface area contributed by atoms with Gasteiger partial charge in [-0.3, -0.25) is 0 Å². The lowest BCUT2D eigenvalue weighted by atomic mass is 10.3. The molecule has 0 amide bonds. The lowest BCUT2D eigenvalue weighted by molar-refractivity contribution is 0.170. The molecule has 0 aliphatic heterocycles. The van der Waals surface area contributed by atoms with E-state index in [9.17, 15) is 8.42 Å². The van der Waals surface area contributed by atoms with E-state index in [2.05, 4.69) is 5.32 Å². The van der Waals surface area contributed by atoms with Gasteiger partial charge in [0.25, 0.3) is 0 Å². The van der Waals surface area contributed by atoms with Crippen molar-refractivity contribution in [1.29, 1.82) is 0 Å². The summed E-state index contributed by atoms with van der Waals surface area (Å²) in [6, 6.07) is 3.09. The van der Waals surface area contributed by atoms with Crippen molar-refractivity contribution in [1.82, 2.24) is 5.32 Å². The number of nitrogens with two attached hydrogens (primary N) is 1. The van der Waals surface area contributed by atoms with Gasteiger partial charge in [-0.2, -0.15) is 0 Å². The van der Waals surface area contributed by atoms with E-state index in [0.29, 0.717) is 6.54 Å². The maximum atomic E-state index is 11.2. The number of thiophene rings is 2. The average molecular weight is 359 g/mol. The van der Waals surface area contributed by atoms with Crippen molar-refractivity contribution in [3.63, 3.8) is 0 Å². The molecule has 2 aromatic rings.